The topological polar surface area (TPSA) is 87.1 Å². The second kappa shape index (κ2) is 6.06. The van der Waals surface area contributed by atoms with E-state index in [4.69, 9.17) is 0 Å². The summed E-state index contributed by atoms with van der Waals surface area (Å²) in [6, 6.07) is 0.0931. The minimum Gasteiger partial charge on any atom is -0.347 e. The van der Waals surface area contributed by atoms with Crippen LogP contribution in [0.25, 0.3) is 0 Å². The molecule has 0 bridgehead atoms. The summed E-state index contributed by atoms with van der Waals surface area (Å²) >= 11 is 0. The summed E-state index contributed by atoms with van der Waals surface area (Å²) in [4.78, 5) is 13.5. The summed E-state index contributed by atoms with van der Waals surface area (Å²) in [6.45, 7) is 5.43. The Morgan fingerprint density at radius 1 is 1.30 bits per heavy atom. The van der Waals surface area contributed by atoms with Crippen molar-refractivity contribution in [3.05, 3.63) is 30.7 Å². The Bertz CT molecular complexity index is 752. The Hall–Kier alpha value is -1.71. The van der Waals surface area contributed by atoms with Crippen LogP contribution in [0.15, 0.2) is 29.9 Å². The van der Waals surface area contributed by atoms with Crippen molar-refractivity contribution in [3.63, 3.8) is 0 Å². The van der Waals surface area contributed by atoms with E-state index in [1.165, 1.54) is 4.31 Å². The number of H-pyrrole nitrogens is 1. The van der Waals surface area contributed by atoms with Gasteiger partial charge in [-0.15, -0.1) is 0 Å². The van der Waals surface area contributed by atoms with Crippen molar-refractivity contribution in [1.82, 2.24) is 28.7 Å². The Kier molecular flexibility index (Phi) is 4.26. The number of rotatable bonds is 4. The Labute approximate surface area is 136 Å². The van der Waals surface area contributed by atoms with Crippen molar-refractivity contribution in [2.24, 2.45) is 0 Å². The van der Waals surface area contributed by atoms with Gasteiger partial charge in [0.1, 0.15) is 5.82 Å². The summed E-state index contributed by atoms with van der Waals surface area (Å²) in [5.74, 6) is 0.778. The lowest BCUT2D eigenvalue weighted by Gasteiger charge is -2.37. The zero-order chi connectivity index (χ0) is 16.6. The van der Waals surface area contributed by atoms with Crippen molar-refractivity contribution in [2.75, 3.05) is 26.7 Å². The molecule has 1 aliphatic heterocycles. The first-order valence-corrected chi connectivity index (χ1v) is 9.06. The largest absolute Gasteiger partial charge is 0.347 e. The Morgan fingerprint density at radius 2 is 2.09 bits per heavy atom. The first-order valence-electron chi connectivity index (χ1n) is 7.62. The van der Waals surface area contributed by atoms with Crippen LogP contribution in [0.3, 0.4) is 0 Å². The van der Waals surface area contributed by atoms with Crippen LogP contribution in [0, 0.1) is 0 Å². The number of likely N-dealkylation sites (N-methyl/N-ethyl adjacent to an activating group) is 1. The highest BCUT2D eigenvalue weighted by molar-refractivity contribution is 7.89. The molecule has 0 aromatic carbocycles. The standard InChI is InChI=1S/C14H22N6O2S/c1-11(2)19-9-13(17-10-19)23(21,22)20-7-6-18(3)12(8-20)14-15-4-5-16-14/h4-5,9-12H,6-8H2,1-3H3,(H,15,16)/t12-/m0/s1. The molecule has 9 heteroatoms. The van der Waals surface area contributed by atoms with Crippen LogP contribution >= 0.6 is 0 Å². The average molecular weight is 338 g/mol. The smallest absolute Gasteiger partial charge is 0.262 e. The van der Waals surface area contributed by atoms with Crippen molar-refractivity contribution >= 4 is 10.0 Å². The molecule has 0 unspecified atom stereocenters. The van der Waals surface area contributed by atoms with Gasteiger partial charge >= 0.3 is 0 Å². The van der Waals surface area contributed by atoms with E-state index in [1.54, 1.807) is 29.5 Å². The molecule has 1 N–H and O–H groups in total. The van der Waals surface area contributed by atoms with Gasteiger partial charge < -0.3 is 9.55 Å². The number of hydrogen-bond donors (Lipinski definition) is 1. The molecular formula is C14H22N6O2S. The minimum absolute atomic E-state index is 0.0827. The zero-order valence-corrected chi connectivity index (χ0v) is 14.4. The van der Waals surface area contributed by atoms with Gasteiger partial charge in [-0.05, 0) is 20.9 Å². The first-order chi connectivity index (χ1) is 10.9. The fourth-order valence-electron chi connectivity index (χ4n) is 2.69. The third-order valence-corrected chi connectivity index (χ3v) is 5.97. The minimum atomic E-state index is -3.59. The predicted octanol–water partition coefficient (Wildman–Crippen LogP) is 0.864. The van der Waals surface area contributed by atoms with Gasteiger partial charge in [-0.1, -0.05) is 0 Å². The quantitative estimate of drug-likeness (QED) is 0.893. The summed E-state index contributed by atoms with van der Waals surface area (Å²) in [5, 5.41) is 0.106. The Balaban J connectivity index is 1.85. The summed E-state index contributed by atoms with van der Waals surface area (Å²) in [5.41, 5.74) is 0. The number of aromatic amines is 1. The van der Waals surface area contributed by atoms with Crippen molar-refractivity contribution < 1.29 is 8.42 Å². The summed E-state index contributed by atoms with van der Waals surface area (Å²) in [6.07, 6.45) is 6.60. The first kappa shape index (κ1) is 16.2. The van der Waals surface area contributed by atoms with Crippen LogP contribution in [-0.4, -0.2) is 63.8 Å². The molecule has 3 rings (SSSR count). The van der Waals surface area contributed by atoms with Crippen molar-refractivity contribution in [3.8, 4) is 0 Å². The van der Waals surface area contributed by atoms with Crippen LogP contribution in [0.4, 0.5) is 0 Å². The monoisotopic (exact) mass is 338 g/mol. The number of imidazole rings is 2. The van der Waals surface area contributed by atoms with Crippen LogP contribution in [0.2, 0.25) is 0 Å². The molecule has 0 amide bonds. The maximum atomic E-state index is 12.8. The molecule has 1 saturated heterocycles. The highest BCUT2D eigenvalue weighted by Gasteiger charge is 2.35. The fraction of sp³-hybridized carbons (Fsp3) is 0.571. The lowest BCUT2D eigenvalue weighted by atomic mass is 10.2. The van der Waals surface area contributed by atoms with Gasteiger partial charge in [0.25, 0.3) is 10.0 Å². The van der Waals surface area contributed by atoms with Crippen LogP contribution in [-0.2, 0) is 10.0 Å². The van der Waals surface area contributed by atoms with Gasteiger partial charge in [0.15, 0.2) is 5.03 Å². The van der Waals surface area contributed by atoms with Gasteiger partial charge in [0.2, 0.25) is 0 Å². The molecule has 1 fully saturated rings. The molecule has 0 aliphatic carbocycles. The van der Waals surface area contributed by atoms with Gasteiger partial charge in [-0.3, -0.25) is 4.90 Å². The molecule has 2 aromatic rings. The SMILES string of the molecule is CC(C)n1cnc(S(=O)(=O)N2CCN(C)[C@H](c3ncc[nH]3)C2)c1. The third-order valence-electron chi connectivity index (χ3n) is 4.22. The third kappa shape index (κ3) is 3.04. The van der Waals surface area contributed by atoms with E-state index in [-0.39, 0.29) is 17.1 Å². The molecule has 1 atom stereocenters. The molecule has 3 heterocycles. The van der Waals surface area contributed by atoms with E-state index in [9.17, 15) is 8.42 Å². The second-order valence-electron chi connectivity index (χ2n) is 6.09. The molecule has 0 spiro atoms. The van der Waals surface area contributed by atoms with Gasteiger partial charge in [0, 0.05) is 44.3 Å². The fourth-order valence-corrected chi connectivity index (χ4v) is 4.05. The molecule has 1 aliphatic rings. The van der Waals surface area contributed by atoms with E-state index in [2.05, 4.69) is 19.9 Å². The van der Waals surface area contributed by atoms with E-state index in [0.29, 0.717) is 19.6 Å². The number of hydrogen-bond acceptors (Lipinski definition) is 5. The van der Waals surface area contributed by atoms with E-state index < -0.39 is 10.0 Å². The highest BCUT2D eigenvalue weighted by atomic mass is 32.2. The van der Waals surface area contributed by atoms with Crippen LogP contribution in [0.1, 0.15) is 31.8 Å². The normalized spacial score (nSPS) is 21.1. The van der Waals surface area contributed by atoms with Crippen LogP contribution in [0.5, 0.6) is 0 Å². The average Bonchev–Trinajstić information content (AvgIpc) is 3.19. The predicted molar refractivity (Wildman–Crippen MR) is 85.3 cm³/mol. The van der Waals surface area contributed by atoms with Crippen molar-refractivity contribution in [2.45, 2.75) is 31.0 Å². The second-order valence-corrected chi connectivity index (χ2v) is 7.97. The van der Waals surface area contributed by atoms with Crippen molar-refractivity contribution in [1.29, 1.82) is 0 Å². The molecule has 0 radical (unpaired) electrons. The maximum Gasteiger partial charge on any atom is 0.262 e. The van der Waals surface area contributed by atoms with Gasteiger partial charge in [-0.25, -0.2) is 18.4 Å². The number of nitrogens with zero attached hydrogens (tertiary/aromatic N) is 5. The number of aromatic nitrogens is 4. The van der Waals surface area contributed by atoms with E-state index in [1.807, 2.05) is 20.9 Å². The van der Waals surface area contributed by atoms with E-state index >= 15 is 0 Å². The molecule has 126 valence electrons. The highest BCUT2D eigenvalue weighted by Crippen LogP contribution is 2.25. The number of nitrogens with one attached hydrogen (secondary N) is 1. The van der Waals surface area contributed by atoms with Gasteiger partial charge in [-0.2, -0.15) is 4.31 Å². The lowest BCUT2D eigenvalue weighted by Crippen LogP contribution is -2.49. The van der Waals surface area contributed by atoms with Gasteiger partial charge in [0.05, 0.1) is 12.4 Å². The lowest BCUT2D eigenvalue weighted by molar-refractivity contribution is 0.142. The maximum absolute atomic E-state index is 12.8. The molecule has 8 nitrogen and oxygen atoms in total. The summed E-state index contributed by atoms with van der Waals surface area (Å²) in [7, 11) is -1.61. The number of sulfonamides is 1. The molecular weight excluding hydrogens is 316 g/mol. The Morgan fingerprint density at radius 3 is 2.70 bits per heavy atom. The molecule has 23 heavy (non-hydrogen) atoms. The molecule has 0 saturated carbocycles. The van der Waals surface area contributed by atoms with Crippen LogP contribution < -0.4 is 0 Å². The zero-order valence-electron chi connectivity index (χ0n) is 13.5. The number of piperazine rings is 1. The molecule has 2 aromatic heterocycles. The van der Waals surface area contributed by atoms with E-state index in [0.717, 1.165) is 5.82 Å². The summed E-state index contributed by atoms with van der Waals surface area (Å²) < 4.78 is 29.0.